The first-order chi connectivity index (χ1) is 15.2. The molecule has 0 saturated heterocycles. The van der Waals surface area contributed by atoms with Crippen LogP contribution in [0, 0.1) is 0 Å². The van der Waals surface area contributed by atoms with Crippen molar-refractivity contribution in [1.82, 2.24) is 15.2 Å². The summed E-state index contributed by atoms with van der Waals surface area (Å²) in [6.45, 7) is 0.476. The van der Waals surface area contributed by atoms with E-state index in [-0.39, 0.29) is 0 Å². The van der Waals surface area contributed by atoms with Crippen LogP contribution in [0.15, 0.2) is 65.2 Å². The molecule has 0 saturated carbocycles. The summed E-state index contributed by atoms with van der Waals surface area (Å²) < 4.78 is 22.0. The molecule has 2 heterocycles. The molecule has 0 aliphatic rings. The minimum atomic E-state index is 0.374. The third-order valence-corrected chi connectivity index (χ3v) is 4.73. The maximum Gasteiger partial charge on any atom is 0.251 e. The maximum atomic E-state index is 5.92. The first kappa shape index (κ1) is 20.2. The van der Waals surface area contributed by atoms with E-state index >= 15 is 0 Å². The molecule has 158 valence electrons. The predicted octanol–water partition coefficient (Wildman–Crippen LogP) is 4.44. The molecule has 4 rings (SSSR count). The Morgan fingerprint density at radius 3 is 2.39 bits per heavy atom. The van der Waals surface area contributed by atoms with Gasteiger partial charge in [0.05, 0.1) is 26.9 Å². The van der Waals surface area contributed by atoms with Gasteiger partial charge in [-0.25, -0.2) is 4.98 Å². The van der Waals surface area contributed by atoms with Crippen LogP contribution in [0.1, 0.15) is 5.56 Å². The smallest absolute Gasteiger partial charge is 0.251 e. The van der Waals surface area contributed by atoms with Crippen molar-refractivity contribution in [2.24, 2.45) is 0 Å². The van der Waals surface area contributed by atoms with Gasteiger partial charge in [-0.1, -0.05) is 12.1 Å². The molecule has 2 aromatic carbocycles. The summed E-state index contributed by atoms with van der Waals surface area (Å²) in [5, 5.41) is 11.7. The van der Waals surface area contributed by atoms with Crippen molar-refractivity contribution in [3.05, 3.63) is 66.4 Å². The Bertz CT molecular complexity index is 1160. The summed E-state index contributed by atoms with van der Waals surface area (Å²) in [7, 11) is 4.85. The van der Waals surface area contributed by atoms with Crippen molar-refractivity contribution in [3.8, 4) is 40.2 Å². The zero-order valence-electron chi connectivity index (χ0n) is 17.5. The second kappa shape index (κ2) is 9.17. The van der Waals surface area contributed by atoms with Gasteiger partial charge in [0.15, 0.2) is 11.5 Å². The average molecular weight is 418 g/mol. The lowest BCUT2D eigenvalue weighted by Gasteiger charge is -2.14. The van der Waals surface area contributed by atoms with Crippen LogP contribution in [-0.2, 0) is 6.54 Å². The maximum absolute atomic E-state index is 5.92. The number of hydrogen-bond donors (Lipinski definition) is 1. The number of para-hydroxylation sites is 1. The minimum absolute atomic E-state index is 0.374. The molecular weight excluding hydrogens is 396 g/mol. The topological polar surface area (TPSA) is 91.5 Å². The van der Waals surface area contributed by atoms with Gasteiger partial charge in [-0.15, -0.1) is 10.2 Å². The van der Waals surface area contributed by atoms with Gasteiger partial charge in [0.25, 0.3) is 5.89 Å². The SMILES string of the molecule is COc1ccc(-c2nnc(-c3cccnc3NCc3cccc(OC)c3OC)o2)cc1. The van der Waals surface area contributed by atoms with E-state index in [9.17, 15) is 0 Å². The van der Waals surface area contributed by atoms with Gasteiger partial charge in [-0.05, 0) is 42.5 Å². The monoisotopic (exact) mass is 418 g/mol. The van der Waals surface area contributed by atoms with Gasteiger partial charge in [-0.3, -0.25) is 0 Å². The Labute approximate surface area is 179 Å². The number of hydrogen-bond acceptors (Lipinski definition) is 8. The Morgan fingerprint density at radius 1 is 0.839 bits per heavy atom. The Hall–Kier alpha value is -4.07. The number of rotatable bonds is 8. The zero-order chi connectivity index (χ0) is 21.6. The van der Waals surface area contributed by atoms with Gasteiger partial charge in [0.1, 0.15) is 11.6 Å². The quantitative estimate of drug-likeness (QED) is 0.449. The molecule has 8 heteroatoms. The van der Waals surface area contributed by atoms with Crippen LogP contribution in [0.4, 0.5) is 5.82 Å². The van der Waals surface area contributed by atoms with Crippen molar-refractivity contribution in [1.29, 1.82) is 0 Å². The number of aromatic nitrogens is 3. The third kappa shape index (κ3) is 4.28. The van der Waals surface area contributed by atoms with Gasteiger partial charge < -0.3 is 23.9 Å². The summed E-state index contributed by atoms with van der Waals surface area (Å²) in [6, 6.07) is 16.9. The highest BCUT2D eigenvalue weighted by Crippen LogP contribution is 2.33. The molecule has 8 nitrogen and oxygen atoms in total. The number of anilines is 1. The Morgan fingerprint density at radius 2 is 1.65 bits per heavy atom. The van der Waals surface area contributed by atoms with Crippen molar-refractivity contribution in [2.45, 2.75) is 6.54 Å². The van der Waals surface area contributed by atoms with Gasteiger partial charge in [0.2, 0.25) is 5.89 Å². The summed E-state index contributed by atoms with van der Waals surface area (Å²) in [6.07, 6.45) is 1.70. The normalized spacial score (nSPS) is 10.5. The fourth-order valence-corrected chi connectivity index (χ4v) is 3.17. The number of nitrogens with one attached hydrogen (secondary N) is 1. The molecule has 0 aliphatic carbocycles. The van der Waals surface area contributed by atoms with E-state index < -0.39 is 0 Å². The molecule has 0 radical (unpaired) electrons. The first-order valence-electron chi connectivity index (χ1n) is 9.60. The summed E-state index contributed by atoms with van der Waals surface area (Å²) in [5.74, 6) is 3.52. The Balaban J connectivity index is 1.58. The number of ether oxygens (including phenoxy) is 3. The summed E-state index contributed by atoms with van der Waals surface area (Å²) >= 11 is 0. The molecule has 0 amide bonds. The largest absolute Gasteiger partial charge is 0.497 e. The van der Waals surface area contributed by atoms with Crippen LogP contribution >= 0.6 is 0 Å². The van der Waals surface area contributed by atoms with Gasteiger partial charge >= 0.3 is 0 Å². The van der Waals surface area contributed by atoms with E-state index in [1.54, 1.807) is 27.5 Å². The van der Waals surface area contributed by atoms with E-state index in [1.807, 2.05) is 54.6 Å². The van der Waals surface area contributed by atoms with Crippen LogP contribution in [-0.4, -0.2) is 36.5 Å². The first-order valence-corrected chi connectivity index (χ1v) is 9.60. The van der Waals surface area contributed by atoms with Gasteiger partial charge in [-0.2, -0.15) is 0 Å². The van der Waals surface area contributed by atoms with E-state index in [2.05, 4.69) is 20.5 Å². The number of nitrogens with zero attached hydrogens (tertiary/aromatic N) is 3. The van der Waals surface area contributed by atoms with Crippen LogP contribution < -0.4 is 19.5 Å². The molecule has 0 atom stereocenters. The molecule has 0 fully saturated rings. The fourth-order valence-electron chi connectivity index (χ4n) is 3.17. The van der Waals surface area contributed by atoms with Crippen LogP contribution in [0.2, 0.25) is 0 Å². The second-order valence-corrected chi connectivity index (χ2v) is 6.55. The lowest BCUT2D eigenvalue weighted by Crippen LogP contribution is -2.05. The number of pyridine rings is 1. The molecule has 0 aliphatic heterocycles. The molecular formula is C23H22N4O4. The van der Waals surface area contributed by atoms with Crippen molar-refractivity contribution < 1.29 is 18.6 Å². The highest BCUT2D eigenvalue weighted by atomic mass is 16.5. The lowest BCUT2D eigenvalue weighted by atomic mass is 10.1. The molecule has 2 aromatic heterocycles. The Kier molecular flexibility index (Phi) is 5.98. The van der Waals surface area contributed by atoms with Crippen LogP contribution in [0.25, 0.3) is 22.9 Å². The van der Waals surface area contributed by atoms with Gasteiger partial charge in [0, 0.05) is 23.9 Å². The number of methoxy groups -OCH3 is 3. The highest BCUT2D eigenvalue weighted by Gasteiger charge is 2.16. The molecule has 0 bridgehead atoms. The van der Waals surface area contributed by atoms with E-state index in [4.69, 9.17) is 18.6 Å². The zero-order valence-corrected chi connectivity index (χ0v) is 17.5. The second-order valence-electron chi connectivity index (χ2n) is 6.55. The predicted molar refractivity (Wildman–Crippen MR) is 116 cm³/mol. The number of benzene rings is 2. The summed E-state index contributed by atoms with van der Waals surface area (Å²) in [5.41, 5.74) is 2.44. The highest BCUT2D eigenvalue weighted by molar-refractivity contribution is 5.69. The fraction of sp³-hybridized carbons (Fsp3) is 0.174. The van der Waals surface area contributed by atoms with Crippen molar-refractivity contribution in [2.75, 3.05) is 26.6 Å². The van der Waals surface area contributed by atoms with E-state index in [0.717, 1.165) is 16.9 Å². The molecule has 0 spiro atoms. The van der Waals surface area contributed by atoms with Crippen molar-refractivity contribution >= 4 is 5.82 Å². The average Bonchev–Trinajstić information content (AvgIpc) is 3.32. The minimum Gasteiger partial charge on any atom is -0.497 e. The molecule has 1 N–H and O–H groups in total. The third-order valence-electron chi connectivity index (χ3n) is 4.73. The summed E-state index contributed by atoms with van der Waals surface area (Å²) in [4.78, 5) is 4.45. The van der Waals surface area contributed by atoms with E-state index in [0.29, 0.717) is 41.2 Å². The molecule has 4 aromatic rings. The standard InChI is InChI=1S/C23H22N4O4/c1-28-17-11-9-15(10-12-17)22-26-27-23(31-22)18-7-5-13-24-21(18)25-14-16-6-4-8-19(29-2)20(16)30-3/h4-13H,14H2,1-3H3,(H,24,25). The van der Waals surface area contributed by atoms with Crippen molar-refractivity contribution in [3.63, 3.8) is 0 Å². The van der Waals surface area contributed by atoms with E-state index in [1.165, 1.54) is 0 Å². The van der Waals surface area contributed by atoms with Crippen LogP contribution in [0.5, 0.6) is 17.2 Å². The molecule has 31 heavy (non-hydrogen) atoms. The lowest BCUT2D eigenvalue weighted by molar-refractivity contribution is 0.352. The van der Waals surface area contributed by atoms with Crippen LogP contribution in [0.3, 0.4) is 0 Å². The molecule has 0 unspecified atom stereocenters.